The molecule has 0 amide bonds. The molecule has 104 valence electrons. The number of rotatable bonds is 3. The second-order valence-electron chi connectivity index (χ2n) is 4.40. The highest BCUT2D eigenvalue weighted by Gasteiger charge is 2.22. The van der Waals surface area contributed by atoms with E-state index in [4.69, 9.17) is 16.7 Å². The van der Waals surface area contributed by atoms with E-state index in [9.17, 15) is 9.59 Å². The molecule has 2 aromatic carbocycles. The lowest BCUT2D eigenvalue weighted by molar-refractivity contribution is 0.0687. The second-order valence-corrected chi connectivity index (χ2v) is 4.81. The summed E-state index contributed by atoms with van der Waals surface area (Å²) in [6.45, 7) is 0. The van der Waals surface area contributed by atoms with E-state index in [0.29, 0.717) is 16.0 Å². The van der Waals surface area contributed by atoms with Crippen LogP contribution in [-0.4, -0.2) is 26.8 Å². The number of carboxylic acid groups (broad SMARTS) is 1. The number of fused-ring (bicyclic) bond motifs is 1. The zero-order valence-electron chi connectivity index (χ0n) is 10.6. The topological polar surface area (TPSA) is 83.0 Å². The summed E-state index contributed by atoms with van der Waals surface area (Å²) >= 11 is 6.11. The van der Waals surface area contributed by atoms with Crippen molar-refractivity contribution >= 4 is 34.1 Å². The Morgan fingerprint density at radius 3 is 2.52 bits per heavy atom. The Hall–Kier alpha value is -2.66. The molecule has 0 bridgehead atoms. The Morgan fingerprint density at radius 2 is 1.81 bits per heavy atom. The zero-order chi connectivity index (χ0) is 15.0. The van der Waals surface area contributed by atoms with Gasteiger partial charge in [-0.2, -0.15) is 0 Å². The molecule has 0 saturated heterocycles. The molecule has 1 aromatic heterocycles. The molecule has 0 saturated carbocycles. The molecule has 21 heavy (non-hydrogen) atoms. The summed E-state index contributed by atoms with van der Waals surface area (Å²) in [5.41, 5.74) is 0.0265. The quantitative estimate of drug-likeness (QED) is 0.728. The number of aromatic nitrogens is 2. The highest BCUT2D eigenvalue weighted by Crippen LogP contribution is 2.28. The zero-order valence-corrected chi connectivity index (χ0v) is 11.4. The van der Waals surface area contributed by atoms with E-state index < -0.39 is 11.8 Å². The smallest absolute Gasteiger partial charge is 0.354 e. The van der Waals surface area contributed by atoms with E-state index in [2.05, 4.69) is 9.97 Å². The summed E-state index contributed by atoms with van der Waals surface area (Å²) in [6.07, 6.45) is 1.19. The standard InChI is InChI=1S/C15H9ClN2O3/c16-11-6-5-10(8-3-1-2-4-9(8)11)14(19)12-13(15(20)21)18-7-17-12/h1-7H,(H,17,18)(H,20,21). The van der Waals surface area contributed by atoms with Gasteiger partial charge in [-0.3, -0.25) is 4.79 Å². The van der Waals surface area contributed by atoms with Crippen LogP contribution in [0.3, 0.4) is 0 Å². The van der Waals surface area contributed by atoms with Crippen LogP contribution >= 0.6 is 11.6 Å². The minimum Gasteiger partial charge on any atom is -0.477 e. The van der Waals surface area contributed by atoms with E-state index in [1.165, 1.54) is 6.33 Å². The van der Waals surface area contributed by atoms with Crippen molar-refractivity contribution in [2.24, 2.45) is 0 Å². The van der Waals surface area contributed by atoms with Crippen LogP contribution in [0.1, 0.15) is 26.5 Å². The number of hydrogen-bond acceptors (Lipinski definition) is 3. The summed E-state index contributed by atoms with van der Waals surface area (Å²) in [4.78, 5) is 29.9. The van der Waals surface area contributed by atoms with Gasteiger partial charge in [-0.15, -0.1) is 0 Å². The predicted molar refractivity (Wildman–Crippen MR) is 77.9 cm³/mol. The van der Waals surface area contributed by atoms with Crippen LogP contribution in [0.4, 0.5) is 0 Å². The van der Waals surface area contributed by atoms with Gasteiger partial charge >= 0.3 is 5.97 Å². The first kappa shape index (κ1) is 13.3. The Morgan fingerprint density at radius 1 is 1.10 bits per heavy atom. The third-order valence-corrected chi connectivity index (χ3v) is 3.51. The molecular formula is C15H9ClN2O3. The average Bonchev–Trinajstić information content (AvgIpc) is 2.97. The van der Waals surface area contributed by atoms with Gasteiger partial charge in [0.15, 0.2) is 5.69 Å². The van der Waals surface area contributed by atoms with Crippen LogP contribution in [-0.2, 0) is 0 Å². The highest BCUT2D eigenvalue weighted by atomic mass is 35.5. The third kappa shape index (κ3) is 2.17. The maximum absolute atomic E-state index is 12.6. The number of benzene rings is 2. The van der Waals surface area contributed by atoms with Gasteiger partial charge in [0.25, 0.3) is 0 Å². The van der Waals surface area contributed by atoms with Crippen molar-refractivity contribution in [1.82, 2.24) is 9.97 Å². The van der Waals surface area contributed by atoms with Crippen molar-refractivity contribution in [2.75, 3.05) is 0 Å². The maximum Gasteiger partial charge on any atom is 0.354 e. The summed E-state index contributed by atoms with van der Waals surface area (Å²) < 4.78 is 0. The Kier molecular flexibility index (Phi) is 3.19. The number of halogens is 1. The number of aromatic carboxylic acids is 1. The van der Waals surface area contributed by atoms with E-state index in [1.807, 2.05) is 6.07 Å². The molecule has 1 heterocycles. The van der Waals surface area contributed by atoms with Crippen LogP contribution in [0.25, 0.3) is 10.8 Å². The van der Waals surface area contributed by atoms with Crippen molar-refractivity contribution in [3.63, 3.8) is 0 Å². The SMILES string of the molecule is O=C(O)c1[nH]cnc1C(=O)c1ccc(Cl)c2ccccc12. The van der Waals surface area contributed by atoms with Crippen LogP contribution in [0.5, 0.6) is 0 Å². The lowest BCUT2D eigenvalue weighted by Crippen LogP contribution is -2.10. The van der Waals surface area contributed by atoms with Gasteiger partial charge in [-0.05, 0) is 17.5 Å². The molecule has 0 radical (unpaired) electrons. The third-order valence-electron chi connectivity index (χ3n) is 3.18. The highest BCUT2D eigenvalue weighted by molar-refractivity contribution is 6.36. The van der Waals surface area contributed by atoms with Gasteiger partial charge < -0.3 is 10.1 Å². The van der Waals surface area contributed by atoms with Crippen LogP contribution < -0.4 is 0 Å². The largest absolute Gasteiger partial charge is 0.477 e. The number of aromatic amines is 1. The normalized spacial score (nSPS) is 10.7. The Balaban J connectivity index is 2.21. The van der Waals surface area contributed by atoms with Gasteiger partial charge in [-0.1, -0.05) is 35.9 Å². The van der Waals surface area contributed by atoms with Crippen molar-refractivity contribution in [3.8, 4) is 0 Å². The first-order chi connectivity index (χ1) is 10.1. The van der Waals surface area contributed by atoms with Gasteiger partial charge in [0.05, 0.1) is 6.33 Å². The van der Waals surface area contributed by atoms with Crippen molar-refractivity contribution in [1.29, 1.82) is 0 Å². The molecule has 3 aromatic rings. The van der Waals surface area contributed by atoms with Crippen molar-refractivity contribution < 1.29 is 14.7 Å². The van der Waals surface area contributed by atoms with Crippen molar-refractivity contribution in [2.45, 2.75) is 0 Å². The average molecular weight is 301 g/mol. The number of ketones is 1. The van der Waals surface area contributed by atoms with E-state index in [0.717, 1.165) is 5.39 Å². The summed E-state index contributed by atoms with van der Waals surface area (Å²) in [7, 11) is 0. The maximum atomic E-state index is 12.6. The number of imidazole rings is 1. The number of carboxylic acids is 1. The molecule has 0 fully saturated rings. The lowest BCUT2D eigenvalue weighted by Gasteiger charge is -2.06. The fraction of sp³-hybridized carbons (Fsp3) is 0. The molecule has 3 rings (SSSR count). The molecule has 0 spiro atoms. The Labute approximate surface area is 124 Å². The first-order valence-corrected chi connectivity index (χ1v) is 6.46. The second kappa shape index (κ2) is 5.03. The van der Waals surface area contributed by atoms with E-state index in [-0.39, 0.29) is 11.4 Å². The van der Waals surface area contributed by atoms with Gasteiger partial charge in [-0.25, -0.2) is 9.78 Å². The molecule has 0 unspecified atom stereocenters. The number of nitrogens with one attached hydrogen (secondary N) is 1. The van der Waals surface area contributed by atoms with Crippen molar-refractivity contribution in [3.05, 3.63) is 64.7 Å². The minimum atomic E-state index is -1.23. The predicted octanol–water partition coefficient (Wildman–Crippen LogP) is 3.15. The molecule has 0 aliphatic carbocycles. The van der Waals surface area contributed by atoms with E-state index in [1.54, 1.807) is 30.3 Å². The fourth-order valence-corrected chi connectivity index (χ4v) is 2.45. The van der Waals surface area contributed by atoms with Crippen LogP contribution in [0.2, 0.25) is 5.02 Å². The fourth-order valence-electron chi connectivity index (χ4n) is 2.22. The molecule has 0 aliphatic heterocycles. The molecule has 0 atom stereocenters. The summed E-state index contributed by atoms with van der Waals surface area (Å²) in [5, 5.41) is 11.0. The molecule has 6 heteroatoms. The molecule has 0 aliphatic rings. The minimum absolute atomic E-state index is 0.116. The Bertz CT molecular complexity index is 870. The number of nitrogens with zero attached hydrogens (tertiary/aromatic N) is 1. The van der Waals surface area contributed by atoms with E-state index >= 15 is 0 Å². The number of hydrogen-bond donors (Lipinski definition) is 2. The molecule has 5 nitrogen and oxygen atoms in total. The molecule has 2 N–H and O–H groups in total. The number of H-pyrrole nitrogens is 1. The lowest BCUT2D eigenvalue weighted by atomic mass is 9.99. The van der Waals surface area contributed by atoms with Gasteiger partial charge in [0.2, 0.25) is 5.78 Å². The van der Waals surface area contributed by atoms with Crippen LogP contribution in [0.15, 0.2) is 42.7 Å². The number of carbonyl (C=O) groups excluding carboxylic acids is 1. The van der Waals surface area contributed by atoms with Crippen LogP contribution in [0, 0.1) is 0 Å². The monoisotopic (exact) mass is 300 g/mol. The summed E-state index contributed by atoms with van der Waals surface area (Å²) in [6, 6.07) is 10.4. The van der Waals surface area contributed by atoms with Gasteiger partial charge in [0.1, 0.15) is 5.69 Å². The van der Waals surface area contributed by atoms with Gasteiger partial charge in [0, 0.05) is 16.0 Å². The number of carbonyl (C=O) groups is 2. The summed E-state index contributed by atoms with van der Waals surface area (Å²) in [5.74, 6) is -1.68. The molecular weight excluding hydrogens is 292 g/mol. The first-order valence-electron chi connectivity index (χ1n) is 6.08.